The van der Waals surface area contributed by atoms with Crippen molar-refractivity contribution in [2.75, 3.05) is 18.0 Å². The van der Waals surface area contributed by atoms with Crippen molar-refractivity contribution in [3.05, 3.63) is 35.9 Å². The molecule has 0 aliphatic rings. The number of rotatable bonds is 7. The molecular formula is C15H18N6OS. The van der Waals surface area contributed by atoms with Gasteiger partial charge in [-0.3, -0.25) is 9.36 Å². The number of carbonyl (C=O) groups is 1. The number of nitrogens with one attached hydrogen (secondary N) is 1. The maximum absolute atomic E-state index is 12.3. The monoisotopic (exact) mass is 330 g/mol. The minimum absolute atomic E-state index is 0.161. The molecule has 0 spiro atoms. The molecule has 0 radical (unpaired) electrons. The number of amides is 1. The largest absolute Gasteiger partial charge is 0.368 e. The molecule has 2 aromatic rings. The lowest BCUT2D eigenvalue weighted by Gasteiger charge is -2.16. The summed E-state index contributed by atoms with van der Waals surface area (Å²) in [5, 5.41) is 19.7. The number of nitrogens with two attached hydrogens (primary N) is 1. The minimum atomic E-state index is -0.540. The Morgan fingerprint density at radius 3 is 2.87 bits per heavy atom. The van der Waals surface area contributed by atoms with Gasteiger partial charge in [-0.15, -0.1) is 10.2 Å². The number of anilines is 1. The number of hydrogen-bond donors (Lipinski definition) is 2. The molecule has 0 saturated carbocycles. The van der Waals surface area contributed by atoms with Gasteiger partial charge in [0, 0.05) is 6.54 Å². The maximum atomic E-state index is 12.3. The van der Waals surface area contributed by atoms with Crippen LogP contribution in [0.15, 0.2) is 35.5 Å². The molecule has 1 aromatic carbocycles. The molecule has 0 saturated heterocycles. The van der Waals surface area contributed by atoms with Crippen molar-refractivity contribution in [1.82, 2.24) is 20.1 Å². The minimum Gasteiger partial charge on any atom is -0.368 e. The summed E-state index contributed by atoms with van der Waals surface area (Å²) in [6, 6.07) is 11.4. The molecule has 1 heterocycles. The van der Waals surface area contributed by atoms with Crippen LogP contribution in [-0.2, 0) is 11.2 Å². The van der Waals surface area contributed by atoms with Crippen molar-refractivity contribution in [3.8, 4) is 6.07 Å². The summed E-state index contributed by atoms with van der Waals surface area (Å²) in [4.78, 5) is 12.3. The van der Waals surface area contributed by atoms with E-state index >= 15 is 0 Å². The van der Waals surface area contributed by atoms with Crippen molar-refractivity contribution in [3.63, 3.8) is 0 Å². The Morgan fingerprint density at radius 2 is 2.17 bits per heavy atom. The van der Waals surface area contributed by atoms with Crippen molar-refractivity contribution in [2.45, 2.75) is 24.5 Å². The number of thioether (sulfide) groups is 1. The lowest BCUT2D eigenvalue weighted by atomic mass is 10.1. The summed E-state index contributed by atoms with van der Waals surface area (Å²) in [6.45, 7) is 2.27. The third-order valence-corrected chi connectivity index (χ3v) is 4.09. The SMILES string of the molecule is CC(C(=O)NCCc1ccccc1)n1c(N)nnc1SCC#N. The first kappa shape index (κ1) is 16.8. The van der Waals surface area contributed by atoms with E-state index in [1.54, 1.807) is 11.5 Å². The van der Waals surface area contributed by atoms with Gasteiger partial charge in [0.15, 0.2) is 5.16 Å². The van der Waals surface area contributed by atoms with Crippen LogP contribution in [0, 0.1) is 11.3 Å². The van der Waals surface area contributed by atoms with E-state index in [0.717, 1.165) is 12.0 Å². The average molecular weight is 330 g/mol. The Balaban J connectivity index is 1.94. The number of nitrogens with zero attached hydrogens (tertiary/aromatic N) is 4. The summed E-state index contributed by atoms with van der Waals surface area (Å²) < 4.78 is 1.54. The Kier molecular flexibility index (Phi) is 6.00. The van der Waals surface area contributed by atoms with Crippen molar-refractivity contribution in [1.29, 1.82) is 5.26 Å². The smallest absolute Gasteiger partial charge is 0.243 e. The molecule has 120 valence electrons. The lowest BCUT2D eigenvalue weighted by molar-refractivity contribution is -0.123. The number of carbonyl (C=O) groups excluding carboxylic acids is 1. The first-order valence-electron chi connectivity index (χ1n) is 7.15. The van der Waals surface area contributed by atoms with E-state index in [2.05, 4.69) is 15.5 Å². The molecule has 1 aromatic heterocycles. The Bertz CT molecular complexity index is 694. The zero-order valence-electron chi connectivity index (χ0n) is 12.8. The molecule has 1 unspecified atom stereocenters. The molecule has 7 nitrogen and oxygen atoms in total. The van der Waals surface area contributed by atoms with Crippen LogP contribution >= 0.6 is 11.8 Å². The average Bonchev–Trinajstić information content (AvgIpc) is 2.93. The second-order valence-electron chi connectivity index (χ2n) is 4.86. The molecule has 1 amide bonds. The van der Waals surface area contributed by atoms with Crippen LogP contribution in [0.5, 0.6) is 0 Å². The first-order chi connectivity index (χ1) is 11.1. The van der Waals surface area contributed by atoms with Gasteiger partial charge in [0.1, 0.15) is 6.04 Å². The van der Waals surface area contributed by atoms with Crippen LogP contribution < -0.4 is 11.1 Å². The fraction of sp³-hybridized carbons (Fsp3) is 0.333. The third-order valence-electron chi connectivity index (χ3n) is 3.28. The Hall–Kier alpha value is -2.53. The Morgan fingerprint density at radius 1 is 1.43 bits per heavy atom. The van der Waals surface area contributed by atoms with Crippen LogP contribution in [0.1, 0.15) is 18.5 Å². The van der Waals surface area contributed by atoms with Gasteiger partial charge in [-0.05, 0) is 18.9 Å². The van der Waals surface area contributed by atoms with E-state index in [1.807, 2.05) is 36.4 Å². The fourth-order valence-electron chi connectivity index (χ4n) is 2.09. The van der Waals surface area contributed by atoms with Crippen LogP contribution in [0.25, 0.3) is 0 Å². The van der Waals surface area contributed by atoms with E-state index in [4.69, 9.17) is 11.0 Å². The van der Waals surface area contributed by atoms with Crippen LogP contribution in [0.4, 0.5) is 5.95 Å². The molecule has 0 aliphatic carbocycles. The highest BCUT2D eigenvalue weighted by Crippen LogP contribution is 2.22. The highest BCUT2D eigenvalue weighted by Gasteiger charge is 2.21. The fourth-order valence-corrected chi connectivity index (χ4v) is 2.77. The molecule has 1 atom stereocenters. The normalized spacial score (nSPS) is 11.7. The summed E-state index contributed by atoms with van der Waals surface area (Å²) in [5.41, 5.74) is 6.95. The van der Waals surface area contributed by atoms with Gasteiger partial charge in [-0.25, -0.2) is 0 Å². The summed E-state index contributed by atoms with van der Waals surface area (Å²) in [6.07, 6.45) is 0.757. The van der Waals surface area contributed by atoms with E-state index in [9.17, 15) is 4.79 Å². The van der Waals surface area contributed by atoms with E-state index < -0.39 is 6.04 Å². The van der Waals surface area contributed by atoms with Gasteiger partial charge >= 0.3 is 0 Å². The highest BCUT2D eigenvalue weighted by molar-refractivity contribution is 7.99. The number of aromatic nitrogens is 3. The van der Waals surface area contributed by atoms with Gasteiger partial charge in [-0.1, -0.05) is 42.1 Å². The van der Waals surface area contributed by atoms with Crippen molar-refractivity contribution in [2.24, 2.45) is 0 Å². The second kappa shape index (κ2) is 8.19. The predicted octanol–water partition coefficient (Wildman–Crippen LogP) is 1.40. The molecule has 0 fully saturated rings. The molecule has 0 bridgehead atoms. The van der Waals surface area contributed by atoms with Crippen molar-refractivity contribution >= 4 is 23.6 Å². The maximum Gasteiger partial charge on any atom is 0.243 e. The first-order valence-corrected chi connectivity index (χ1v) is 8.13. The van der Waals surface area contributed by atoms with Crippen LogP contribution in [0.3, 0.4) is 0 Å². The second-order valence-corrected chi connectivity index (χ2v) is 5.80. The molecule has 23 heavy (non-hydrogen) atoms. The lowest BCUT2D eigenvalue weighted by Crippen LogP contribution is -2.33. The Labute approximate surface area is 138 Å². The zero-order chi connectivity index (χ0) is 16.7. The van der Waals surface area contributed by atoms with Gasteiger partial charge in [0.2, 0.25) is 11.9 Å². The standard InChI is InChI=1S/C15H18N6OS/c1-11(21-14(17)19-20-15(21)23-10-8-16)13(22)18-9-7-12-5-3-2-4-6-12/h2-6,11H,7,9-10H2,1H3,(H2,17,19)(H,18,22). The summed E-state index contributed by atoms with van der Waals surface area (Å²) in [5.74, 6) is 0.225. The van der Waals surface area contributed by atoms with Gasteiger partial charge < -0.3 is 11.1 Å². The van der Waals surface area contributed by atoms with Gasteiger partial charge in [0.05, 0.1) is 11.8 Å². The number of benzene rings is 1. The molecule has 2 rings (SSSR count). The summed E-state index contributed by atoms with van der Waals surface area (Å²) >= 11 is 1.20. The van der Waals surface area contributed by atoms with E-state index in [0.29, 0.717) is 11.7 Å². The predicted molar refractivity (Wildman–Crippen MR) is 88.6 cm³/mol. The van der Waals surface area contributed by atoms with E-state index in [1.165, 1.54) is 11.8 Å². The topological polar surface area (TPSA) is 110 Å². The summed E-state index contributed by atoms with van der Waals surface area (Å²) in [7, 11) is 0. The van der Waals surface area contributed by atoms with Gasteiger partial charge in [0.25, 0.3) is 0 Å². The third kappa shape index (κ3) is 4.47. The molecule has 0 aliphatic heterocycles. The number of nitrogen functional groups attached to an aromatic ring is 1. The van der Waals surface area contributed by atoms with Crippen LogP contribution in [0.2, 0.25) is 0 Å². The zero-order valence-corrected chi connectivity index (χ0v) is 13.6. The highest BCUT2D eigenvalue weighted by atomic mass is 32.2. The van der Waals surface area contributed by atoms with Crippen LogP contribution in [-0.4, -0.2) is 33.0 Å². The molecular weight excluding hydrogens is 312 g/mol. The number of hydrogen-bond acceptors (Lipinski definition) is 6. The van der Waals surface area contributed by atoms with Gasteiger partial charge in [-0.2, -0.15) is 5.26 Å². The number of nitriles is 1. The molecule has 3 N–H and O–H groups in total. The van der Waals surface area contributed by atoms with Crippen molar-refractivity contribution < 1.29 is 4.79 Å². The quantitative estimate of drug-likeness (QED) is 0.743. The molecule has 8 heteroatoms. The van der Waals surface area contributed by atoms with E-state index in [-0.39, 0.29) is 17.6 Å².